The van der Waals surface area contributed by atoms with Crippen molar-refractivity contribution in [3.63, 3.8) is 0 Å². The lowest BCUT2D eigenvalue weighted by molar-refractivity contribution is 0.0985. The van der Waals surface area contributed by atoms with E-state index in [-0.39, 0.29) is 45.8 Å². The molecule has 0 aliphatic rings. The number of nitrogen functional groups attached to an aromatic ring is 1. The second kappa shape index (κ2) is 4.70. The molecule has 0 radical (unpaired) electrons. The Hall–Kier alpha value is -0.970. The largest absolute Gasteiger partial charge is 0.506 e. The van der Waals surface area contributed by atoms with Crippen LogP contribution in [0.5, 0.6) is 5.75 Å². The molecule has 15 heavy (non-hydrogen) atoms. The fraction of sp³-hybridized carbons (Fsp3) is 0.222. The summed E-state index contributed by atoms with van der Waals surface area (Å²) in [7, 11) is 0. The second-order valence-corrected chi connectivity index (χ2v) is 3.70. The minimum Gasteiger partial charge on any atom is -0.506 e. The van der Waals surface area contributed by atoms with Crippen LogP contribution >= 0.6 is 23.2 Å². The molecular weight excluding hydrogens is 239 g/mol. The van der Waals surface area contributed by atoms with Gasteiger partial charge in [0.1, 0.15) is 5.75 Å². The van der Waals surface area contributed by atoms with Gasteiger partial charge in [0, 0.05) is 12.0 Å². The van der Waals surface area contributed by atoms with E-state index in [0.29, 0.717) is 0 Å². The van der Waals surface area contributed by atoms with Gasteiger partial charge in [-0.3, -0.25) is 4.79 Å². The average molecular weight is 249 g/mol. The van der Waals surface area contributed by atoms with Crippen LogP contribution in [-0.2, 0) is 0 Å². The third-order valence-electron chi connectivity index (χ3n) is 1.89. The topological polar surface area (TPSA) is 89.3 Å². The number of ketones is 1. The monoisotopic (exact) mass is 248 g/mol. The molecule has 0 heterocycles. The Kier molecular flexibility index (Phi) is 3.79. The lowest BCUT2D eigenvalue weighted by Gasteiger charge is -2.08. The molecule has 6 heteroatoms. The van der Waals surface area contributed by atoms with Gasteiger partial charge >= 0.3 is 0 Å². The summed E-state index contributed by atoms with van der Waals surface area (Å²) in [5, 5.41) is 9.40. The maximum absolute atomic E-state index is 11.5. The number of phenolic OH excluding ortho intramolecular Hbond substituents is 1. The Morgan fingerprint density at radius 1 is 1.40 bits per heavy atom. The molecule has 0 aliphatic heterocycles. The van der Waals surface area contributed by atoms with E-state index in [0.717, 1.165) is 0 Å². The van der Waals surface area contributed by atoms with Crippen molar-refractivity contribution in [2.45, 2.75) is 6.42 Å². The van der Waals surface area contributed by atoms with Crippen LogP contribution in [-0.4, -0.2) is 17.4 Å². The number of hydrogen-bond acceptors (Lipinski definition) is 4. The first-order chi connectivity index (χ1) is 6.99. The number of halogens is 2. The van der Waals surface area contributed by atoms with Gasteiger partial charge in [-0.2, -0.15) is 0 Å². The number of anilines is 1. The van der Waals surface area contributed by atoms with Crippen LogP contribution in [0.1, 0.15) is 16.8 Å². The molecule has 5 N–H and O–H groups in total. The van der Waals surface area contributed by atoms with Crippen LogP contribution in [0.3, 0.4) is 0 Å². The van der Waals surface area contributed by atoms with Gasteiger partial charge in [-0.15, -0.1) is 0 Å². The van der Waals surface area contributed by atoms with Gasteiger partial charge in [-0.05, 0) is 12.6 Å². The van der Waals surface area contributed by atoms with Crippen molar-refractivity contribution >= 4 is 34.7 Å². The molecule has 0 aliphatic carbocycles. The van der Waals surface area contributed by atoms with Crippen LogP contribution in [0, 0.1) is 0 Å². The van der Waals surface area contributed by atoms with Crippen LogP contribution in [0.2, 0.25) is 10.0 Å². The van der Waals surface area contributed by atoms with Gasteiger partial charge in [-0.1, -0.05) is 23.2 Å². The molecule has 0 spiro atoms. The summed E-state index contributed by atoms with van der Waals surface area (Å²) in [6.45, 7) is 0.206. The van der Waals surface area contributed by atoms with Crippen LogP contribution in [0.15, 0.2) is 6.07 Å². The summed E-state index contributed by atoms with van der Waals surface area (Å²) in [4.78, 5) is 11.5. The van der Waals surface area contributed by atoms with Crippen molar-refractivity contribution in [1.82, 2.24) is 0 Å². The maximum Gasteiger partial charge on any atom is 0.165 e. The van der Waals surface area contributed by atoms with Gasteiger partial charge in [-0.25, -0.2) is 0 Å². The number of Topliss-reactive ketones (excluding diaryl/α,β-unsaturated/α-hetero) is 1. The number of phenols is 1. The molecule has 82 valence electrons. The number of rotatable bonds is 3. The highest BCUT2D eigenvalue weighted by atomic mass is 35.5. The number of aromatic hydroxyl groups is 1. The molecule has 0 saturated heterocycles. The quantitative estimate of drug-likeness (QED) is 0.433. The number of carbonyl (C=O) groups is 1. The predicted molar refractivity (Wildman–Crippen MR) is 60.5 cm³/mol. The van der Waals surface area contributed by atoms with E-state index >= 15 is 0 Å². The molecule has 0 atom stereocenters. The Morgan fingerprint density at radius 3 is 2.53 bits per heavy atom. The van der Waals surface area contributed by atoms with Gasteiger partial charge < -0.3 is 16.6 Å². The molecule has 0 amide bonds. The first kappa shape index (κ1) is 12.1. The van der Waals surface area contributed by atoms with Crippen molar-refractivity contribution in [3.8, 4) is 5.75 Å². The molecule has 0 bridgehead atoms. The second-order valence-electron chi connectivity index (χ2n) is 2.95. The Balaban J connectivity index is 3.26. The van der Waals surface area contributed by atoms with Gasteiger partial charge in [0.25, 0.3) is 0 Å². The smallest absolute Gasteiger partial charge is 0.165 e. The van der Waals surface area contributed by atoms with Gasteiger partial charge in [0.15, 0.2) is 5.78 Å². The van der Waals surface area contributed by atoms with Gasteiger partial charge in [0.05, 0.1) is 15.7 Å². The normalized spacial score (nSPS) is 10.3. The van der Waals surface area contributed by atoms with Crippen molar-refractivity contribution in [2.24, 2.45) is 5.73 Å². The predicted octanol–water partition coefficient (Wildman–Crippen LogP) is 1.81. The minimum atomic E-state index is -0.278. The molecule has 0 fully saturated rings. The highest BCUT2D eigenvalue weighted by Crippen LogP contribution is 2.38. The lowest BCUT2D eigenvalue weighted by atomic mass is 10.1. The summed E-state index contributed by atoms with van der Waals surface area (Å²) < 4.78 is 0. The third-order valence-corrected chi connectivity index (χ3v) is 2.78. The van der Waals surface area contributed by atoms with E-state index in [4.69, 9.17) is 34.7 Å². The molecular formula is C9H10Cl2N2O2. The lowest BCUT2D eigenvalue weighted by Crippen LogP contribution is -2.09. The Morgan fingerprint density at radius 2 is 2.00 bits per heavy atom. The zero-order chi connectivity index (χ0) is 11.6. The number of carbonyl (C=O) groups excluding carboxylic acids is 1. The summed E-state index contributed by atoms with van der Waals surface area (Å²) in [5.41, 5.74) is 10.8. The molecule has 4 nitrogen and oxygen atoms in total. The van der Waals surface area contributed by atoms with Gasteiger partial charge in [0.2, 0.25) is 0 Å². The molecule has 1 rings (SSSR count). The van der Waals surface area contributed by atoms with E-state index in [1.165, 1.54) is 6.07 Å². The summed E-state index contributed by atoms with van der Waals surface area (Å²) in [6, 6.07) is 1.20. The molecule has 0 unspecified atom stereocenters. The van der Waals surface area contributed by atoms with Crippen LogP contribution in [0.25, 0.3) is 0 Å². The average Bonchev–Trinajstić information content (AvgIpc) is 2.20. The highest BCUT2D eigenvalue weighted by molar-refractivity contribution is 6.45. The van der Waals surface area contributed by atoms with E-state index in [2.05, 4.69) is 0 Å². The maximum atomic E-state index is 11.5. The fourth-order valence-electron chi connectivity index (χ4n) is 1.10. The van der Waals surface area contributed by atoms with Crippen LogP contribution in [0.4, 0.5) is 5.69 Å². The van der Waals surface area contributed by atoms with E-state index in [1.54, 1.807) is 0 Å². The molecule has 0 saturated carbocycles. The Bertz CT molecular complexity index is 408. The Labute approximate surface area is 96.8 Å². The molecule has 1 aromatic carbocycles. The van der Waals surface area contributed by atoms with E-state index < -0.39 is 0 Å². The number of benzene rings is 1. The van der Waals surface area contributed by atoms with Crippen molar-refractivity contribution in [1.29, 1.82) is 0 Å². The third kappa shape index (κ3) is 2.34. The van der Waals surface area contributed by atoms with Crippen molar-refractivity contribution in [3.05, 3.63) is 21.7 Å². The zero-order valence-electron chi connectivity index (χ0n) is 7.76. The van der Waals surface area contributed by atoms with Crippen molar-refractivity contribution in [2.75, 3.05) is 12.3 Å². The first-order valence-corrected chi connectivity index (χ1v) is 4.94. The van der Waals surface area contributed by atoms with E-state index in [1.807, 2.05) is 0 Å². The summed E-state index contributed by atoms with van der Waals surface area (Å²) in [5.74, 6) is -0.538. The number of hydrogen-bond donors (Lipinski definition) is 3. The summed E-state index contributed by atoms with van der Waals surface area (Å²) in [6.07, 6.45) is 0.138. The zero-order valence-corrected chi connectivity index (χ0v) is 9.27. The minimum absolute atomic E-state index is 0.0166. The van der Waals surface area contributed by atoms with Crippen LogP contribution < -0.4 is 11.5 Å². The standard InChI is InChI=1S/C9H10Cl2N2O2/c10-7-4(5(14)1-2-12)3-6(15)9(13)8(7)11/h3,15H,1-2,12-13H2. The number of nitrogens with two attached hydrogens (primary N) is 2. The van der Waals surface area contributed by atoms with E-state index in [9.17, 15) is 9.90 Å². The molecule has 0 aromatic heterocycles. The van der Waals surface area contributed by atoms with Crippen molar-refractivity contribution < 1.29 is 9.90 Å². The molecule has 1 aromatic rings. The SMILES string of the molecule is NCCC(=O)c1cc(O)c(N)c(Cl)c1Cl. The highest BCUT2D eigenvalue weighted by Gasteiger charge is 2.17. The first-order valence-electron chi connectivity index (χ1n) is 4.18. The fourth-order valence-corrected chi connectivity index (χ4v) is 1.56. The summed E-state index contributed by atoms with van der Waals surface area (Å²) >= 11 is 11.5.